The minimum absolute atomic E-state index is 0.0785. The third-order valence-electron chi connectivity index (χ3n) is 4.20. The zero-order valence-corrected chi connectivity index (χ0v) is 14.5. The molecule has 1 aromatic carbocycles. The molecule has 2 aliphatic rings. The number of urea groups is 1. The first-order valence-corrected chi connectivity index (χ1v) is 8.28. The van der Waals surface area contributed by atoms with Gasteiger partial charge in [0.1, 0.15) is 19.8 Å². The number of carbonyl (C=O) groups excluding carboxylic acids is 4. The normalized spacial score (nSPS) is 17.5. The largest absolute Gasteiger partial charge is 0.486 e. The fraction of sp³-hybridized carbons (Fsp3) is 0.412. The van der Waals surface area contributed by atoms with Crippen molar-refractivity contribution in [3.8, 4) is 11.5 Å². The average Bonchev–Trinajstić information content (AvgIpc) is 2.84. The number of imide groups is 2. The second-order valence-electron chi connectivity index (χ2n) is 5.92. The Kier molecular flexibility index (Phi) is 4.79. The monoisotopic (exact) mass is 361 g/mol. The van der Waals surface area contributed by atoms with Crippen LogP contribution in [-0.4, -0.2) is 59.9 Å². The van der Waals surface area contributed by atoms with E-state index >= 15 is 0 Å². The van der Waals surface area contributed by atoms with Crippen LogP contribution in [-0.2, 0) is 14.4 Å². The lowest BCUT2D eigenvalue weighted by Crippen LogP contribution is -2.42. The standard InChI is InChI=1S/C17H19N3O6/c1-3-19-15(22)16(23)20(17(19)24)9-14(21)18-10(2)11-4-5-12-13(8-11)26-7-6-25-12/h4-5,8,10H,3,6-7,9H2,1-2H3,(H,18,21)/t10-/m1/s1. The molecule has 3 rings (SSSR count). The van der Waals surface area contributed by atoms with E-state index in [9.17, 15) is 19.2 Å². The van der Waals surface area contributed by atoms with E-state index < -0.39 is 30.3 Å². The molecule has 1 fully saturated rings. The van der Waals surface area contributed by atoms with Gasteiger partial charge in [-0.3, -0.25) is 19.3 Å². The van der Waals surface area contributed by atoms with Gasteiger partial charge in [0, 0.05) is 6.54 Å². The van der Waals surface area contributed by atoms with Gasteiger partial charge < -0.3 is 14.8 Å². The number of fused-ring (bicyclic) bond motifs is 1. The summed E-state index contributed by atoms with van der Waals surface area (Å²) in [6.07, 6.45) is 0. The van der Waals surface area contributed by atoms with E-state index in [1.54, 1.807) is 32.0 Å². The molecule has 0 aromatic heterocycles. The van der Waals surface area contributed by atoms with E-state index in [4.69, 9.17) is 9.47 Å². The van der Waals surface area contributed by atoms with Gasteiger partial charge in [-0.15, -0.1) is 0 Å². The van der Waals surface area contributed by atoms with Crippen LogP contribution in [0.5, 0.6) is 11.5 Å². The molecule has 138 valence electrons. The topological polar surface area (TPSA) is 105 Å². The summed E-state index contributed by atoms with van der Waals surface area (Å²) in [5.74, 6) is -1.20. The summed E-state index contributed by atoms with van der Waals surface area (Å²) in [5, 5.41) is 2.71. The van der Waals surface area contributed by atoms with Gasteiger partial charge in [0.2, 0.25) is 5.91 Å². The Bertz CT molecular complexity index is 778. The van der Waals surface area contributed by atoms with Crippen molar-refractivity contribution in [2.75, 3.05) is 26.3 Å². The predicted molar refractivity (Wildman–Crippen MR) is 88.5 cm³/mol. The highest BCUT2D eigenvalue weighted by molar-refractivity contribution is 6.45. The first kappa shape index (κ1) is 17.7. The number of hydrogen-bond donors (Lipinski definition) is 1. The van der Waals surface area contributed by atoms with Crippen LogP contribution in [0.25, 0.3) is 0 Å². The van der Waals surface area contributed by atoms with E-state index in [0.29, 0.717) is 29.6 Å². The molecule has 0 saturated carbocycles. The van der Waals surface area contributed by atoms with E-state index in [2.05, 4.69) is 5.32 Å². The van der Waals surface area contributed by atoms with Crippen LogP contribution in [0, 0.1) is 0 Å². The summed E-state index contributed by atoms with van der Waals surface area (Å²) >= 11 is 0. The number of carbonyl (C=O) groups is 4. The zero-order chi connectivity index (χ0) is 18.8. The van der Waals surface area contributed by atoms with E-state index in [0.717, 1.165) is 10.5 Å². The lowest BCUT2D eigenvalue weighted by molar-refractivity contribution is -0.144. The van der Waals surface area contributed by atoms with Crippen molar-refractivity contribution >= 4 is 23.8 Å². The highest BCUT2D eigenvalue weighted by atomic mass is 16.6. The van der Waals surface area contributed by atoms with Gasteiger partial charge >= 0.3 is 17.8 Å². The van der Waals surface area contributed by atoms with Crippen LogP contribution in [0.2, 0.25) is 0 Å². The number of nitrogens with zero attached hydrogens (tertiary/aromatic N) is 2. The highest BCUT2D eigenvalue weighted by Gasteiger charge is 2.44. The Morgan fingerprint density at radius 3 is 2.42 bits per heavy atom. The minimum Gasteiger partial charge on any atom is -0.486 e. The number of amides is 5. The molecule has 5 amide bonds. The van der Waals surface area contributed by atoms with Gasteiger partial charge in [0.25, 0.3) is 0 Å². The van der Waals surface area contributed by atoms with Crippen molar-refractivity contribution in [1.82, 2.24) is 15.1 Å². The van der Waals surface area contributed by atoms with Gasteiger partial charge in [-0.2, -0.15) is 0 Å². The van der Waals surface area contributed by atoms with Gasteiger partial charge in [-0.05, 0) is 31.5 Å². The maximum Gasteiger partial charge on any atom is 0.334 e. The molecule has 9 nitrogen and oxygen atoms in total. The lowest BCUT2D eigenvalue weighted by atomic mass is 10.1. The third-order valence-corrected chi connectivity index (χ3v) is 4.20. The van der Waals surface area contributed by atoms with Crippen molar-refractivity contribution in [1.29, 1.82) is 0 Å². The molecule has 0 unspecified atom stereocenters. The summed E-state index contributed by atoms with van der Waals surface area (Å²) in [6.45, 7) is 3.86. The van der Waals surface area contributed by atoms with Crippen LogP contribution in [0.4, 0.5) is 4.79 Å². The quantitative estimate of drug-likeness (QED) is 0.603. The third kappa shape index (κ3) is 3.19. The number of nitrogens with one attached hydrogen (secondary N) is 1. The van der Waals surface area contributed by atoms with Crippen molar-refractivity contribution in [3.05, 3.63) is 23.8 Å². The average molecular weight is 361 g/mol. The zero-order valence-electron chi connectivity index (χ0n) is 14.5. The molecule has 0 radical (unpaired) electrons. The van der Waals surface area contributed by atoms with E-state index in [-0.39, 0.29) is 12.6 Å². The van der Waals surface area contributed by atoms with Crippen LogP contribution in [0.3, 0.4) is 0 Å². The van der Waals surface area contributed by atoms with Crippen LogP contribution in [0.15, 0.2) is 18.2 Å². The number of rotatable bonds is 5. The fourth-order valence-corrected chi connectivity index (χ4v) is 2.81. The fourth-order valence-electron chi connectivity index (χ4n) is 2.81. The Morgan fingerprint density at radius 1 is 1.12 bits per heavy atom. The van der Waals surface area contributed by atoms with E-state index in [1.807, 2.05) is 0 Å². The van der Waals surface area contributed by atoms with Crippen molar-refractivity contribution < 1.29 is 28.7 Å². The predicted octanol–water partition coefficient (Wildman–Crippen LogP) is 0.446. The van der Waals surface area contributed by atoms with Crippen LogP contribution in [0.1, 0.15) is 25.5 Å². The first-order valence-electron chi connectivity index (χ1n) is 8.28. The van der Waals surface area contributed by atoms with Gasteiger partial charge in [0.15, 0.2) is 11.5 Å². The van der Waals surface area contributed by atoms with Gasteiger partial charge in [0.05, 0.1) is 6.04 Å². The molecule has 0 bridgehead atoms. The molecule has 1 saturated heterocycles. The smallest absolute Gasteiger partial charge is 0.334 e. The Hall–Kier alpha value is -3.10. The van der Waals surface area contributed by atoms with Crippen LogP contribution < -0.4 is 14.8 Å². The van der Waals surface area contributed by atoms with Gasteiger partial charge in [-0.25, -0.2) is 9.69 Å². The maximum absolute atomic E-state index is 12.2. The van der Waals surface area contributed by atoms with Crippen molar-refractivity contribution in [3.63, 3.8) is 0 Å². The maximum atomic E-state index is 12.2. The molecule has 2 aliphatic heterocycles. The molecular formula is C17H19N3O6. The number of hydrogen-bond acceptors (Lipinski definition) is 6. The Morgan fingerprint density at radius 2 is 1.77 bits per heavy atom. The summed E-state index contributed by atoms with van der Waals surface area (Å²) in [7, 11) is 0. The van der Waals surface area contributed by atoms with Crippen molar-refractivity contribution in [2.24, 2.45) is 0 Å². The molecule has 2 heterocycles. The van der Waals surface area contributed by atoms with E-state index in [1.165, 1.54) is 0 Å². The molecule has 1 N–H and O–H groups in total. The second-order valence-corrected chi connectivity index (χ2v) is 5.92. The molecule has 1 atom stereocenters. The highest BCUT2D eigenvalue weighted by Crippen LogP contribution is 2.32. The molecule has 0 spiro atoms. The van der Waals surface area contributed by atoms with Gasteiger partial charge in [-0.1, -0.05) is 6.07 Å². The Labute approximate surface area is 149 Å². The van der Waals surface area contributed by atoms with Crippen LogP contribution >= 0.6 is 0 Å². The first-order chi connectivity index (χ1) is 12.4. The molecule has 26 heavy (non-hydrogen) atoms. The lowest BCUT2D eigenvalue weighted by Gasteiger charge is -2.21. The number of benzene rings is 1. The molecule has 0 aliphatic carbocycles. The summed E-state index contributed by atoms with van der Waals surface area (Å²) in [4.78, 5) is 49.2. The number of likely N-dealkylation sites (N-methyl/N-ethyl adjacent to an activating group) is 1. The molecule has 1 aromatic rings. The number of ether oxygens (including phenoxy) is 2. The summed E-state index contributed by atoms with van der Waals surface area (Å²) in [5.41, 5.74) is 0.785. The summed E-state index contributed by atoms with van der Waals surface area (Å²) < 4.78 is 11.0. The molecule has 9 heteroatoms. The SMILES string of the molecule is CCN1C(=O)C(=O)N(CC(=O)N[C@H](C)c2ccc3c(c2)OCCO3)C1=O. The second kappa shape index (κ2) is 7.03. The minimum atomic E-state index is -0.987. The summed E-state index contributed by atoms with van der Waals surface area (Å²) in [6, 6.07) is 4.17. The van der Waals surface area contributed by atoms with Crippen molar-refractivity contribution in [2.45, 2.75) is 19.9 Å². The Balaban J connectivity index is 1.64. The molecular weight excluding hydrogens is 342 g/mol.